The highest BCUT2D eigenvalue weighted by atomic mass is 32.2. The topological polar surface area (TPSA) is 103 Å². The largest absolute Gasteiger partial charge is 0.465 e. The second kappa shape index (κ2) is 9.50. The molecule has 2 aromatic carbocycles. The summed E-state index contributed by atoms with van der Waals surface area (Å²) in [6.45, 7) is -2.97. The van der Waals surface area contributed by atoms with Crippen molar-refractivity contribution >= 4 is 45.5 Å². The zero-order chi connectivity index (χ0) is 24.4. The van der Waals surface area contributed by atoms with Crippen molar-refractivity contribution < 1.29 is 22.7 Å². The number of furan rings is 1. The maximum atomic E-state index is 13.2. The highest BCUT2D eigenvalue weighted by molar-refractivity contribution is 8.13. The standard InChI is InChI=1S/C23H15F2N5O4S/c24-22(25)34-15-9-7-14(8-10-15)30-21(32)19(12-16-4-3-11-33-16)26-23(30)35-13-29-20(31)17-5-1-2-6-18(17)27-28-29/h1-12,22H,13H2. The number of carbonyl (C=O) groups excluding carboxylic acids is 1. The van der Waals surface area contributed by atoms with E-state index in [0.717, 1.165) is 11.8 Å². The second-order valence-electron chi connectivity index (χ2n) is 7.14. The fraction of sp³-hybridized carbons (Fsp3) is 0.0870. The van der Waals surface area contributed by atoms with Crippen LogP contribution in [0.25, 0.3) is 17.0 Å². The Bertz CT molecular complexity index is 1500. The molecule has 0 aliphatic carbocycles. The minimum absolute atomic E-state index is 0.0277. The van der Waals surface area contributed by atoms with E-state index >= 15 is 0 Å². The van der Waals surface area contributed by atoms with Crippen LogP contribution in [0.1, 0.15) is 5.76 Å². The van der Waals surface area contributed by atoms with Gasteiger partial charge in [0.25, 0.3) is 11.5 Å². The van der Waals surface area contributed by atoms with Crippen molar-refractivity contribution in [3.63, 3.8) is 0 Å². The number of hydrogen-bond donors (Lipinski definition) is 0. The lowest BCUT2D eigenvalue weighted by molar-refractivity contribution is -0.113. The van der Waals surface area contributed by atoms with Crippen molar-refractivity contribution in [3.8, 4) is 5.75 Å². The summed E-state index contributed by atoms with van der Waals surface area (Å²) < 4.78 is 35.8. The third-order valence-electron chi connectivity index (χ3n) is 4.92. The van der Waals surface area contributed by atoms with E-state index < -0.39 is 12.5 Å². The number of aliphatic imine (C=N–C) groups is 1. The molecule has 0 fully saturated rings. The highest BCUT2D eigenvalue weighted by Gasteiger charge is 2.32. The first-order valence-electron chi connectivity index (χ1n) is 10.2. The molecule has 0 saturated carbocycles. The molecule has 35 heavy (non-hydrogen) atoms. The number of carbonyl (C=O) groups is 1. The van der Waals surface area contributed by atoms with Crippen molar-refractivity contribution in [1.29, 1.82) is 0 Å². The first-order chi connectivity index (χ1) is 17.0. The lowest BCUT2D eigenvalue weighted by Gasteiger charge is -2.18. The average Bonchev–Trinajstić information content (AvgIpc) is 3.47. The molecule has 1 aliphatic heterocycles. The normalized spacial score (nSPS) is 14.8. The lowest BCUT2D eigenvalue weighted by atomic mass is 10.2. The Morgan fingerprint density at radius 2 is 1.86 bits per heavy atom. The van der Waals surface area contributed by atoms with Gasteiger partial charge >= 0.3 is 6.61 Å². The van der Waals surface area contributed by atoms with Gasteiger partial charge in [0.2, 0.25) is 0 Å². The number of fused-ring (bicyclic) bond motifs is 1. The van der Waals surface area contributed by atoms with Crippen LogP contribution in [0, 0.1) is 0 Å². The molecule has 3 heterocycles. The number of alkyl halides is 2. The van der Waals surface area contributed by atoms with E-state index in [2.05, 4.69) is 20.0 Å². The fourth-order valence-corrected chi connectivity index (χ4v) is 4.22. The van der Waals surface area contributed by atoms with Crippen LogP contribution in [0.15, 0.2) is 86.8 Å². The smallest absolute Gasteiger partial charge is 0.387 e. The fourth-order valence-electron chi connectivity index (χ4n) is 3.33. The van der Waals surface area contributed by atoms with Crippen molar-refractivity contribution in [1.82, 2.24) is 15.0 Å². The van der Waals surface area contributed by atoms with Gasteiger partial charge in [0.1, 0.15) is 22.7 Å². The third-order valence-corrected chi connectivity index (χ3v) is 5.82. The SMILES string of the molecule is O=C1C(=Cc2ccco2)N=C(SCn2nnc3ccccc3c2=O)N1c1ccc(OC(F)F)cc1. The Morgan fingerprint density at radius 3 is 2.60 bits per heavy atom. The Kier molecular flexibility index (Phi) is 6.10. The molecular weight excluding hydrogens is 480 g/mol. The molecule has 5 rings (SSSR count). The zero-order valence-electron chi connectivity index (χ0n) is 17.7. The highest BCUT2D eigenvalue weighted by Crippen LogP contribution is 2.31. The minimum Gasteiger partial charge on any atom is -0.465 e. The summed E-state index contributed by atoms with van der Waals surface area (Å²) >= 11 is 1.09. The van der Waals surface area contributed by atoms with Crippen LogP contribution >= 0.6 is 11.8 Å². The maximum absolute atomic E-state index is 13.2. The first kappa shape index (κ1) is 22.5. The van der Waals surface area contributed by atoms with Crippen LogP contribution in [0.3, 0.4) is 0 Å². The van der Waals surface area contributed by atoms with Crippen LogP contribution < -0.4 is 15.2 Å². The Balaban J connectivity index is 1.46. The van der Waals surface area contributed by atoms with Gasteiger partial charge in [0, 0.05) is 6.08 Å². The monoisotopic (exact) mass is 495 g/mol. The Labute approximate surface area is 200 Å². The molecule has 9 nitrogen and oxygen atoms in total. The van der Waals surface area contributed by atoms with E-state index in [1.165, 1.54) is 46.2 Å². The van der Waals surface area contributed by atoms with Gasteiger partial charge < -0.3 is 9.15 Å². The van der Waals surface area contributed by atoms with E-state index in [1.54, 1.807) is 36.4 Å². The van der Waals surface area contributed by atoms with E-state index in [4.69, 9.17) is 4.42 Å². The first-order valence-corrected chi connectivity index (χ1v) is 11.2. The van der Waals surface area contributed by atoms with E-state index in [0.29, 0.717) is 22.4 Å². The number of amidine groups is 1. The molecule has 0 radical (unpaired) electrons. The number of nitrogens with zero attached hydrogens (tertiary/aromatic N) is 5. The molecule has 12 heteroatoms. The number of anilines is 1. The molecule has 2 aromatic heterocycles. The van der Waals surface area contributed by atoms with E-state index in [9.17, 15) is 18.4 Å². The predicted molar refractivity (Wildman–Crippen MR) is 126 cm³/mol. The molecule has 0 N–H and O–H groups in total. The van der Waals surface area contributed by atoms with Gasteiger partial charge in [-0.2, -0.15) is 13.5 Å². The molecular formula is C23H15F2N5O4S. The molecule has 0 bridgehead atoms. The molecule has 1 amide bonds. The average molecular weight is 495 g/mol. The van der Waals surface area contributed by atoms with Gasteiger partial charge in [-0.3, -0.25) is 14.5 Å². The summed E-state index contributed by atoms with van der Waals surface area (Å²) in [5.41, 5.74) is 0.623. The van der Waals surface area contributed by atoms with E-state index in [-0.39, 0.29) is 28.1 Å². The molecule has 176 valence electrons. The molecule has 0 saturated heterocycles. The lowest BCUT2D eigenvalue weighted by Crippen LogP contribution is -2.31. The number of benzene rings is 2. The third kappa shape index (κ3) is 4.68. The van der Waals surface area contributed by atoms with Crippen LogP contribution in [0.2, 0.25) is 0 Å². The summed E-state index contributed by atoms with van der Waals surface area (Å²) in [7, 11) is 0. The predicted octanol–water partition coefficient (Wildman–Crippen LogP) is 4.12. The van der Waals surface area contributed by atoms with Crippen LogP contribution in [0.4, 0.5) is 14.5 Å². The summed E-state index contributed by atoms with van der Waals surface area (Å²) in [6.07, 6.45) is 2.95. The molecule has 0 atom stereocenters. The summed E-state index contributed by atoms with van der Waals surface area (Å²) in [6, 6.07) is 15.8. The Hall–Kier alpha value is -4.32. The minimum atomic E-state index is -2.97. The van der Waals surface area contributed by atoms with Crippen molar-refractivity contribution in [3.05, 3.63) is 88.7 Å². The number of thioether (sulfide) groups is 1. The Morgan fingerprint density at radius 1 is 1.06 bits per heavy atom. The number of hydrogen-bond acceptors (Lipinski definition) is 8. The number of ether oxygens (including phenoxy) is 1. The number of aromatic nitrogens is 3. The van der Waals surface area contributed by atoms with Crippen molar-refractivity contribution in [2.24, 2.45) is 4.99 Å². The summed E-state index contributed by atoms with van der Waals surface area (Å²) in [4.78, 5) is 31.7. The maximum Gasteiger partial charge on any atom is 0.387 e. The molecule has 1 aliphatic rings. The summed E-state index contributed by atoms with van der Waals surface area (Å²) in [5, 5.41) is 8.69. The van der Waals surface area contributed by atoms with Gasteiger partial charge in [-0.1, -0.05) is 29.1 Å². The zero-order valence-corrected chi connectivity index (χ0v) is 18.6. The second-order valence-corrected chi connectivity index (χ2v) is 8.05. The quantitative estimate of drug-likeness (QED) is 0.371. The van der Waals surface area contributed by atoms with Crippen molar-refractivity contribution in [2.75, 3.05) is 4.90 Å². The summed E-state index contributed by atoms with van der Waals surface area (Å²) in [5.74, 6) is -0.0465. The molecule has 4 aromatic rings. The van der Waals surface area contributed by atoms with Gasteiger partial charge in [-0.15, -0.1) is 5.10 Å². The molecule has 0 spiro atoms. The molecule has 0 unspecified atom stereocenters. The van der Waals surface area contributed by atoms with Crippen LogP contribution in [-0.4, -0.2) is 32.7 Å². The van der Waals surface area contributed by atoms with Gasteiger partial charge in [0.05, 0.1) is 23.2 Å². The van der Waals surface area contributed by atoms with Crippen LogP contribution in [-0.2, 0) is 10.7 Å². The van der Waals surface area contributed by atoms with Crippen molar-refractivity contribution in [2.45, 2.75) is 12.5 Å². The number of halogens is 2. The van der Waals surface area contributed by atoms with Gasteiger partial charge in [-0.05, 0) is 48.5 Å². The number of amides is 1. The van der Waals surface area contributed by atoms with Crippen LogP contribution in [0.5, 0.6) is 5.75 Å². The van der Waals surface area contributed by atoms with Gasteiger partial charge in [0.15, 0.2) is 5.17 Å². The van der Waals surface area contributed by atoms with E-state index in [1.807, 2.05) is 0 Å². The number of rotatable bonds is 6. The van der Waals surface area contributed by atoms with Gasteiger partial charge in [-0.25, -0.2) is 4.99 Å².